The van der Waals surface area contributed by atoms with Crippen LogP contribution >= 0.6 is 11.3 Å². The van der Waals surface area contributed by atoms with Crippen LogP contribution in [0.3, 0.4) is 0 Å². The summed E-state index contributed by atoms with van der Waals surface area (Å²) in [6.07, 6.45) is 7.17. The lowest BCUT2D eigenvalue weighted by atomic mass is 9.80. The lowest BCUT2D eigenvalue weighted by molar-refractivity contribution is 0.0199. The number of likely N-dealkylation sites (tertiary alicyclic amines) is 1. The van der Waals surface area contributed by atoms with Gasteiger partial charge in [-0.2, -0.15) is 0 Å². The van der Waals surface area contributed by atoms with Crippen molar-refractivity contribution in [3.8, 4) is 0 Å². The normalized spacial score (nSPS) is 33.9. The Morgan fingerprint density at radius 2 is 2.17 bits per heavy atom. The van der Waals surface area contributed by atoms with Gasteiger partial charge in [0.2, 0.25) is 0 Å². The van der Waals surface area contributed by atoms with Crippen molar-refractivity contribution in [1.29, 1.82) is 0 Å². The molecule has 0 radical (unpaired) electrons. The first-order chi connectivity index (χ1) is 8.84. The third kappa shape index (κ3) is 2.60. The molecule has 2 aliphatic rings. The molecule has 0 spiro atoms. The second-order valence-corrected chi connectivity index (χ2v) is 6.39. The summed E-state index contributed by atoms with van der Waals surface area (Å²) in [6.45, 7) is 2.14. The Kier molecular flexibility index (Phi) is 3.97. The molecular formula is C14H22N2OS. The highest BCUT2D eigenvalue weighted by Crippen LogP contribution is 2.35. The monoisotopic (exact) mass is 266 g/mol. The van der Waals surface area contributed by atoms with Gasteiger partial charge in [0.25, 0.3) is 0 Å². The molecule has 1 aromatic rings. The van der Waals surface area contributed by atoms with Crippen molar-refractivity contribution < 1.29 is 5.11 Å². The van der Waals surface area contributed by atoms with Crippen molar-refractivity contribution in [2.24, 2.45) is 5.92 Å². The highest BCUT2D eigenvalue weighted by Gasteiger charge is 2.36. The smallest absolute Gasteiger partial charge is 0.0795 e. The molecular weight excluding hydrogens is 244 g/mol. The van der Waals surface area contributed by atoms with E-state index >= 15 is 0 Å². The highest BCUT2D eigenvalue weighted by atomic mass is 32.1. The summed E-state index contributed by atoms with van der Waals surface area (Å²) in [5, 5.41) is 12.4. The second-order valence-electron chi connectivity index (χ2n) is 5.68. The highest BCUT2D eigenvalue weighted by molar-refractivity contribution is 7.07. The van der Waals surface area contributed by atoms with Crippen molar-refractivity contribution in [1.82, 2.24) is 9.88 Å². The number of nitrogens with zero attached hydrogens (tertiary/aromatic N) is 2. The molecule has 1 saturated heterocycles. The van der Waals surface area contributed by atoms with Crippen LogP contribution < -0.4 is 0 Å². The van der Waals surface area contributed by atoms with Gasteiger partial charge in [0, 0.05) is 23.9 Å². The molecule has 4 heteroatoms. The lowest BCUT2D eigenvalue weighted by Crippen LogP contribution is -2.42. The fourth-order valence-electron chi connectivity index (χ4n) is 3.65. The average Bonchev–Trinajstić information content (AvgIpc) is 3.02. The molecule has 1 N–H and O–H groups in total. The van der Waals surface area contributed by atoms with E-state index in [1.165, 1.54) is 44.3 Å². The van der Waals surface area contributed by atoms with Crippen LogP contribution in [-0.4, -0.2) is 33.7 Å². The maximum absolute atomic E-state index is 10.2. The van der Waals surface area contributed by atoms with Crippen LogP contribution in [-0.2, 0) is 6.54 Å². The molecule has 1 aromatic heterocycles. The molecule has 0 amide bonds. The van der Waals surface area contributed by atoms with E-state index in [0.717, 1.165) is 13.0 Å². The maximum atomic E-state index is 10.2. The number of aliphatic hydroxyl groups excluding tert-OH is 1. The molecule has 1 aliphatic heterocycles. The van der Waals surface area contributed by atoms with E-state index in [1.54, 1.807) is 11.3 Å². The van der Waals surface area contributed by atoms with E-state index in [1.807, 2.05) is 5.51 Å². The fourth-order valence-corrected chi connectivity index (χ4v) is 4.20. The molecule has 1 aliphatic carbocycles. The molecule has 0 bridgehead atoms. The third-order valence-electron chi connectivity index (χ3n) is 4.54. The van der Waals surface area contributed by atoms with Gasteiger partial charge in [-0.1, -0.05) is 12.8 Å². The molecule has 0 aromatic carbocycles. The van der Waals surface area contributed by atoms with Crippen molar-refractivity contribution >= 4 is 11.3 Å². The molecule has 100 valence electrons. The SMILES string of the molecule is OC1CCCCC1C1CCCN1Cc1cscn1. The Morgan fingerprint density at radius 3 is 2.94 bits per heavy atom. The zero-order valence-corrected chi connectivity index (χ0v) is 11.6. The second kappa shape index (κ2) is 5.68. The van der Waals surface area contributed by atoms with E-state index in [0.29, 0.717) is 12.0 Å². The largest absolute Gasteiger partial charge is 0.393 e. The first kappa shape index (κ1) is 12.6. The number of hydrogen-bond acceptors (Lipinski definition) is 4. The van der Waals surface area contributed by atoms with Gasteiger partial charge in [-0.25, -0.2) is 4.98 Å². The van der Waals surface area contributed by atoms with Gasteiger partial charge in [0.05, 0.1) is 17.3 Å². The zero-order chi connectivity index (χ0) is 12.4. The fraction of sp³-hybridized carbons (Fsp3) is 0.786. The Bertz CT molecular complexity index is 368. The molecule has 3 nitrogen and oxygen atoms in total. The number of rotatable bonds is 3. The molecule has 1 saturated carbocycles. The van der Waals surface area contributed by atoms with Gasteiger partial charge in [-0.05, 0) is 32.2 Å². The average molecular weight is 266 g/mol. The van der Waals surface area contributed by atoms with Gasteiger partial charge < -0.3 is 5.11 Å². The van der Waals surface area contributed by atoms with Crippen molar-refractivity contribution in [3.63, 3.8) is 0 Å². The first-order valence-corrected chi connectivity index (χ1v) is 8.08. The van der Waals surface area contributed by atoms with Crippen LogP contribution in [0.1, 0.15) is 44.2 Å². The van der Waals surface area contributed by atoms with Crippen LogP contribution in [0.15, 0.2) is 10.9 Å². The predicted octanol–water partition coefficient (Wildman–Crippen LogP) is 2.66. The van der Waals surface area contributed by atoms with Gasteiger partial charge in [0.1, 0.15) is 0 Å². The number of aromatic nitrogens is 1. The number of hydrogen-bond donors (Lipinski definition) is 1. The molecule has 2 heterocycles. The van der Waals surface area contributed by atoms with Crippen LogP contribution in [0.5, 0.6) is 0 Å². The maximum Gasteiger partial charge on any atom is 0.0795 e. The topological polar surface area (TPSA) is 36.4 Å². The minimum Gasteiger partial charge on any atom is -0.393 e. The van der Waals surface area contributed by atoms with Gasteiger partial charge in [0.15, 0.2) is 0 Å². The van der Waals surface area contributed by atoms with Crippen LogP contribution in [0.25, 0.3) is 0 Å². The summed E-state index contributed by atoms with van der Waals surface area (Å²) in [6, 6.07) is 0.585. The van der Waals surface area contributed by atoms with Gasteiger partial charge in [-0.15, -0.1) is 11.3 Å². The Morgan fingerprint density at radius 1 is 1.28 bits per heavy atom. The third-order valence-corrected chi connectivity index (χ3v) is 5.17. The summed E-state index contributed by atoms with van der Waals surface area (Å²) in [5.41, 5.74) is 3.10. The summed E-state index contributed by atoms with van der Waals surface area (Å²) >= 11 is 1.67. The summed E-state index contributed by atoms with van der Waals surface area (Å²) < 4.78 is 0. The van der Waals surface area contributed by atoms with E-state index in [9.17, 15) is 5.11 Å². The minimum absolute atomic E-state index is 0.0696. The van der Waals surface area contributed by atoms with Crippen LogP contribution in [0, 0.1) is 5.92 Å². The van der Waals surface area contributed by atoms with E-state index in [4.69, 9.17) is 0 Å². The number of thiazole rings is 1. The molecule has 3 unspecified atom stereocenters. The van der Waals surface area contributed by atoms with Crippen LogP contribution in [0.4, 0.5) is 0 Å². The summed E-state index contributed by atoms with van der Waals surface area (Å²) in [5.74, 6) is 0.500. The molecule has 3 rings (SSSR count). The standard InChI is InChI=1S/C14H22N2OS/c17-14-6-2-1-4-12(14)13-5-3-7-16(13)8-11-9-18-10-15-11/h9-10,12-14,17H,1-8H2. The lowest BCUT2D eigenvalue weighted by Gasteiger charge is -2.37. The Labute approximate surface area is 113 Å². The molecule has 3 atom stereocenters. The minimum atomic E-state index is -0.0696. The quantitative estimate of drug-likeness (QED) is 0.913. The first-order valence-electron chi connectivity index (χ1n) is 7.14. The number of aliphatic hydroxyl groups is 1. The van der Waals surface area contributed by atoms with Crippen molar-refractivity contribution in [2.75, 3.05) is 6.54 Å². The zero-order valence-electron chi connectivity index (χ0n) is 10.8. The summed E-state index contributed by atoms with van der Waals surface area (Å²) in [7, 11) is 0. The van der Waals surface area contributed by atoms with E-state index in [-0.39, 0.29) is 6.10 Å². The van der Waals surface area contributed by atoms with Crippen molar-refractivity contribution in [3.05, 3.63) is 16.6 Å². The van der Waals surface area contributed by atoms with Gasteiger partial charge >= 0.3 is 0 Å². The van der Waals surface area contributed by atoms with Crippen molar-refractivity contribution in [2.45, 2.75) is 57.2 Å². The summed E-state index contributed by atoms with van der Waals surface area (Å²) in [4.78, 5) is 6.94. The van der Waals surface area contributed by atoms with Gasteiger partial charge in [-0.3, -0.25) is 4.90 Å². The Balaban J connectivity index is 1.66. The van der Waals surface area contributed by atoms with E-state index < -0.39 is 0 Å². The predicted molar refractivity (Wildman–Crippen MR) is 73.5 cm³/mol. The van der Waals surface area contributed by atoms with E-state index in [2.05, 4.69) is 15.3 Å². The van der Waals surface area contributed by atoms with Crippen LogP contribution in [0.2, 0.25) is 0 Å². The molecule has 18 heavy (non-hydrogen) atoms. The Hall–Kier alpha value is -0.450. The molecule has 2 fully saturated rings.